The number of nitrogens with zero attached hydrogens (tertiary/aromatic N) is 11. The number of carbonyl (C=O) groups is 1. The molecule has 0 radical (unpaired) electrons. The van der Waals surface area contributed by atoms with Crippen molar-refractivity contribution in [1.82, 2.24) is 60.1 Å². The minimum absolute atomic E-state index is 0.0357. The smallest absolute Gasteiger partial charge is 0.246 e. The van der Waals surface area contributed by atoms with E-state index in [9.17, 15) is 15.0 Å². The highest BCUT2D eigenvalue weighted by Gasteiger charge is 2.56. The molecule has 6 N–H and O–H groups in total. The number of aliphatic hydroxyl groups is 2. The summed E-state index contributed by atoms with van der Waals surface area (Å²) in [6.07, 6.45) is 25.7. The largest absolute Gasteiger partial charge is 0.436 e. The fourth-order valence-electron chi connectivity index (χ4n) is 17.6. The molecule has 145 heavy (non-hydrogen) atoms. The molecule has 6 aromatic heterocycles. The summed E-state index contributed by atoms with van der Waals surface area (Å²) < 4.78 is 12.5. The van der Waals surface area contributed by atoms with E-state index in [0.29, 0.717) is 101 Å². The summed E-state index contributed by atoms with van der Waals surface area (Å²) in [6.45, 7) is 84.5. The van der Waals surface area contributed by atoms with Crippen LogP contribution in [0.5, 0.6) is 0 Å². The molecule has 9 aromatic rings. The Bertz CT molecular complexity index is 4740. The Labute approximate surface area is 883 Å². The van der Waals surface area contributed by atoms with E-state index >= 15 is 0 Å². The molecule has 0 spiro atoms. The third-order valence-corrected chi connectivity index (χ3v) is 27.3. The van der Waals surface area contributed by atoms with Crippen LogP contribution in [0.15, 0.2) is 81.6 Å². The number of aromatic nitrogens is 11. The molecule has 1 aliphatic rings. The number of anilines is 3. The predicted molar refractivity (Wildman–Crippen MR) is 616 cm³/mol. The van der Waals surface area contributed by atoms with Gasteiger partial charge in [0.15, 0.2) is 11.2 Å². The average molecular weight is 2000 g/mol. The molecule has 20 heteroatoms. The predicted octanol–water partition coefficient (Wildman–Crippen LogP) is 33.0. The molecule has 814 valence electrons. The number of carbonyl (C=O) groups excluding carboxylic acids is 1. The molecule has 4 unspecified atom stereocenters. The monoisotopic (exact) mass is 2000 g/mol. The lowest BCUT2D eigenvalue weighted by Crippen LogP contribution is -2.72. The van der Waals surface area contributed by atoms with Gasteiger partial charge in [-0.1, -0.05) is 319 Å². The Morgan fingerprint density at radius 2 is 0.807 bits per heavy atom. The van der Waals surface area contributed by atoms with E-state index in [1.54, 1.807) is 0 Å². The van der Waals surface area contributed by atoms with Crippen LogP contribution in [0.1, 0.15) is 476 Å². The van der Waals surface area contributed by atoms with Gasteiger partial charge in [-0.3, -0.25) is 4.79 Å². The van der Waals surface area contributed by atoms with Gasteiger partial charge in [0.2, 0.25) is 35.5 Å². The zero-order valence-corrected chi connectivity index (χ0v) is 98.7. The van der Waals surface area contributed by atoms with Gasteiger partial charge in [0.25, 0.3) is 0 Å². The van der Waals surface area contributed by atoms with Gasteiger partial charge in [0, 0.05) is 73.4 Å². The van der Waals surface area contributed by atoms with Crippen molar-refractivity contribution in [3.63, 3.8) is 0 Å². The van der Waals surface area contributed by atoms with Gasteiger partial charge in [-0.05, 0) is 292 Å². The van der Waals surface area contributed by atoms with E-state index in [0.717, 1.165) is 252 Å². The molecule has 0 bridgehead atoms. The minimum Gasteiger partial charge on any atom is -0.436 e. The van der Waals surface area contributed by atoms with Crippen molar-refractivity contribution in [3.8, 4) is 23.0 Å². The second kappa shape index (κ2) is 65.6. The minimum atomic E-state index is -0.952. The number of pyridine rings is 1. The number of hydrogen-bond donors (Lipinski definition) is 6. The van der Waals surface area contributed by atoms with Gasteiger partial charge >= 0.3 is 0 Å². The van der Waals surface area contributed by atoms with Crippen LogP contribution in [-0.2, 0) is 49.7 Å². The highest BCUT2D eigenvalue weighted by atomic mass is 16.4. The van der Waals surface area contributed by atoms with Crippen molar-refractivity contribution < 1.29 is 23.8 Å². The molecule has 20 nitrogen and oxygen atoms in total. The molecule has 1 fully saturated rings. The van der Waals surface area contributed by atoms with Gasteiger partial charge in [0.1, 0.15) is 40.0 Å². The molecular formula is C125H209N15O5. The molecule has 6 heterocycles. The number of hydrogen-bond acceptors (Lipinski definition) is 19. The first kappa shape index (κ1) is 127. The van der Waals surface area contributed by atoms with Crippen LogP contribution in [0, 0.1) is 88.8 Å². The van der Waals surface area contributed by atoms with Crippen molar-refractivity contribution in [2.75, 3.05) is 35.6 Å². The zero-order valence-electron chi connectivity index (χ0n) is 98.7. The highest BCUT2D eigenvalue weighted by Crippen LogP contribution is 2.46. The molecule has 1 amide bonds. The molecule has 1 saturated carbocycles. The summed E-state index contributed by atoms with van der Waals surface area (Å²) in [5.41, 5.74) is 14.9. The topological polar surface area (TPSA) is 274 Å². The van der Waals surface area contributed by atoms with Gasteiger partial charge in [-0.15, -0.1) is 0 Å². The first-order valence-electron chi connectivity index (χ1n) is 57.5. The zero-order chi connectivity index (χ0) is 108. The molecule has 10 rings (SSSR count). The molecule has 0 aliphatic heterocycles. The summed E-state index contributed by atoms with van der Waals surface area (Å²) in [4.78, 5) is 64.0. The number of amides is 1. The van der Waals surface area contributed by atoms with Crippen LogP contribution in [-0.4, -0.2) is 108 Å². The van der Waals surface area contributed by atoms with E-state index in [1.807, 2.05) is 19.9 Å². The number of aliphatic hydroxyl groups excluding tert-OH is 2. The van der Waals surface area contributed by atoms with Gasteiger partial charge in [0.05, 0.1) is 17.7 Å². The Morgan fingerprint density at radius 3 is 1.26 bits per heavy atom. The van der Waals surface area contributed by atoms with E-state index in [2.05, 4.69) is 370 Å². The summed E-state index contributed by atoms with van der Waals surface area (Å²) in [7, 11) is 0. The SMILES string of the molecule is CC(C)CCCc1cc(C(C)C)nc(NCCC(C)C)n1.CC(C)CCCc1nc(NCCC(C)C)nc(C(C)C)n1.CC(C)CCc1cccc(-c2nc3c(CCC(C)C)cc(C(C)C)cc3o2)c1.CC(C)CCc1cccc(-c2nc3c(CCC(C)C)cc(C(C)C)cc3o2)n1.CC(C)CCc1nc(NCC(C)C)nc(C(C)C)n1.CCCCC(=O)NC1(C(C)C)C(O)C(CCC(C)C)CC(CCC(C)C)C1O. The lowest BCUT2D eigenvalue weighted by atomic mass is 9.60. The summed E-state index contributed by atoms with van der Waals surface area (Å²) in [6, 6.07) is 26.0. The van der Waals surface area contributed by atoms with Crippen LogP contribution in [0.4, 0.5) is 17.8 Å². The second-order valence-electron chi connectivity index (χ2n) is 49.1. The fraction of sp³-hybridized carbons (Fsp3) is 0.712. The van der Waals surface area contributed by atoms with E-state index in [-0.39, 0.29) is 23.7 Å². The summed E-state index contributed by atoms with van der Waals surface area (Å²) >= 11 is 0. The number of rotatable bonds is 52. The van der Waals surface area contributed by atoms with Gasteiger partial charge in [-0.25, -0.2) is 34.9 Å². The molecule has 1 aliphatic carbocycles. The standard InChI is InChI=1S/C26H35NO.C25H34N2O.C24H47NO3.C18H33N3.C17H32N4.C15H28N4/c1-17(2)10-12-20-8-7-9-22(14-20)26-27-25-21(13-11-18(3)4)15-23(19(5)6)16-24(25)28-26;1-16(2)10-12-19-14-20(18(5)6)15-23-24(19)27-25(28-23)22-9-7-8-21(26-22)13-11-17(3)4;1-8-9-10-21(26)25-24(18(6)7)22(27)19(13-11-16(2)3)15-20(23(24)28)14-12-17(4)5;1-13(2)8-7-9-16-12-17(15(5)6)21-18(20-16)19-11-10-14(3)4;1-12(2)8-7-9-15-19-16(14(5)6)21-17(20-15)18-11-10-13(3)4;1-10(2)7-8-13-17-14(12(5)6)19-15(18-13)16-9-11(3)4/h7-9,14-19H,10-13H2,1-6H3;7-9,14-18H,10-13H2,1-6H3;16-20,22-23,27-28H,8-15H2,1-7H3,(H,25,26);12-15H,7-11H2,1-6H3,(H,19,20,21);12-14H,7-11H2,1-6H3,(H,18,19,20,21);10-12H,7-9H2,1-6H3,(H,16,17,18,19). The Kier molecular flexibility index (Phi) is 57.5. The van der Waals surface area contributed by atoms with E-state index in [1.165, 1.54) is 65.6 Å². The van der Waals surface area contributed by atoms with Gasteiger partial charge in [-0.2, -0.15) is 19.9 Å². The summed E-state index contributed by atoms with van der Waals surface area (Å²) in [5, 5.41) is 36.1. The first-order valence-corrected chi connectivity index (χ1v) is 57.5. The third-order valence-electron chi connectivity index (χ3n) is 27.3. The average Bonchev–Trinajstić information content (AvgIpc) is 1.66. The quantitative estimate of drug-likeness (QED) is 0.0207. The molecule has 0 saturated heterocycles. The number of oxazole rings is 2. The lowest BCUT2D eigenvalue weighted by Gasteiger charge is -2.55. The lowest BCUT2D eigenvalue weighted by molar-refractivity contribution is -0.156. The maximum absolute atomic E-state index is 12.7. The van der Waals surface area contributed by atoms with Gasteiger partial charge < -0.3 is 40.3 Å². The van der Waals surface area contributed by atoms with Crippen LogP contribution in [0.3, 0.4) is 0 Å². The van der Waals surface area contributed by atoms with Crippen molar-refractivity contribution in [2.24, 2.45) is 88.8 Å². The Balaban J connectivity index is 0.000000308. The summed E-state index contributed by atoms with van der Waals surface area (Å²) in [5.74, 6) is 17.6. The van der Waals surface area contributed by atoms with E-state index in [4.69, 9.17) is 23.8 Å². The van der Waals surface area contributed by atoms with E-state index < -0.39 is 17.7 Å². The molecule has 3 aromatic carbocycles. The molecular weight excluding hydrogens is 1790 g/mol. The third kappa shape index (κ3) is 47.2. The Hall–Kier alpha value is -8.36. The Morgan fingerprint density at radius 1 is 0.372 bits per heavy atom. The maximum atomic E-state index is 12.7. The highest BCUT2D eigenvalue weighted by molar-refractivity contribution is 5.82. The van der Waals surface area contributed by atoms with Crippen molar-refractivity contribution in [2.45, 2.75) is 470 Å². The first-order chi connectivity index (χ1) is 68.4. The number of benzene rings is 3. The van der Waals surface area contributed by atoms with Crippen LogP contribution in [0.2, 0.25) is 0 Å². The van der Waals surface area contributed by atoms with Crippen LogP contribution >= 0.6 is 0 Å². The maximum Gasteiger partial charge on any atom is 0.246 e. The van der Waals surface area contributed by atoms with Crippen molar-refractivity contribution in [1.29, 1.82) is 0 Å². The number of nitrogens with one attached hydrogen (secondary N) is 4. The van der Waals surface area contributed by atoms with Crippen molar-refractivity contribution >= 4 is 46.0 Å². The normalized spacial score (nSPS) is 15.5. The van der Waals surface area contributed by atoms with Crippen molar-refractivity contribution in [3.05, 3.63) is 141 Å². The van der Waals surface area contributed by atoms with Crippen LogP contribution < -0.4 is 21.3 Å². The number of unbranched alkanes of at least 4 members (excludes halogenated alkanes) is 1. The second-order valence-corrected chi connectivity index (χ2v) is 49.1. The van der Waals surface area contributed by atoms with Crippen LogP contribution in [0.25, 0.3) is 45.2 Å². The number of fused-ring (bicyclic) bond motifs is 2. The molecule has 4 atom stereocenters. The number of aryl methyl sites for hydroxylation is 7. The fourth-order valence-corrected chi connectivity index (χ4v) is 17.6.